The van der Waals surface area contributed by atoms with Crippen LogP contribution in [0.1, 0.15) is 70.6 Å². The number of fused-ring (bicyclic) bond motifs is 1. The van der Waals surface area contributed by atoms with E-state index in [9.17, 15) is 0 Å². The molecule has 3 fully saturated rings. The van der Waals surface area contributed by atoms with Crippen molar-refractivity contribution in [1.29, 1.82) is 0 Å². The van der Waals surface area contributed by atoms with Crippen LogP contribution in [0.2, 0.25) is 0 Å². The van der Waals surface area contributed by atoms with E-state index in [1.54, 1.807) is 0 Å². The molecular weight excluding hydrogens is 232 g/mol. The van der Waals surface area contributed by atoms with Gasteiger partial charge in [-0.25, -0.2) is 0 Å². The lowest BCUT2D eigenvalue weighted by Crippen LogP contribution is -2.49. The van der Waals surface area contributed by atoms with Crippen molar-refractivity contribution in [3.05, 3.63) is 0 Å². The van der Waals surface area contributed by atoms with E-state index in [1.165, 1.54) is 90.3 Å². The number of piperidine rings is 1. The molecule has 0 unspecified atom stereocenters. The average Bonchev–Trinajstić information content (AvgIpc) is 2.49. The Morgan fingerprint density at radius 3 is 2.42 bits per heavy atom. The molecule has 1 saturated heterocycles. The lowest BCUT2D eigenvalue weighted by atomic mass is 9.78. The number of nitrogens with zero attached hydrogens (tertiary/aromatic N) is 1. The first-order valence-corrected chi connectivity index (χ1v) is 8.91. The fourth-order valence-corrected chi connectivity index (χ4v) is 4.72. The fourth-order valence-electron chi connectivity index (χ4n) is 4.72. The molecule has 3 rings (SSSR count). The highest BCUT2D eigenvalue weighted by molar-refractivity contribution is 4.87. The average molecular weight is 264 g/mol. The second-order valence-electron chi connectivity index (χ2n) is 7.08. The molecule has 0 bridgehead atoms. The van der Waals surface area contributed by atoms with Crippen molar-refractivity contribution in [3.63, 3.8) is 0 Å². The Hall–Kier alpha value is -0.0800. The van der Waals surface area contributed by atoms with E-state index in [-0.39, 0.29) is 0 Å². The summed E-state index contributed by atoms with van der Waals surface area (Å²) in [6.07, 6.45) is 16.1. The first-order valence-electron chi connectivity index (χ1n) is 8.91. The summed E-state index contributed by atoms with van der Waals surface area (Å²) in [6, 6.07) is 1.77. The van der Waals surface area contributed by atoms with E-state index in [2.05, 4.69) is 10.2 Å². The largest absolute Gasteiger partial charge is 0.313 e. The van der Waals surface area contributed by atoms with Gasteiger partial charge in [0.1, 0.15) is 0 Å². The molecule has 2 atom stereocenters. The Balaban J connectivity index is 1.40. The number of hydrogen-bond acceptors (Lipinski definition) is 2. The Bertz CT molecular complexity index is 258. The Morgan fingerprint density at radius 2 is 1.53 bits per heavy atom. The van der Waals surface area contributed by atoms with Crippen LogP contribution in [0, 0.1) is 5.92 Å². The van der Waals surface area contributed by atoms with E-state index < -0.39 is 0 Å². The maximum atomic E-state index is 3.82. The second kappa shape index (κ2) is 7.08. The lowest BCUT2D eigenvalue weighted by Gasteiger charge is -2.44. The maximum Gasteiger partial charge on any atom is 0.0124 e. The van der Waals surface area contributed by atoms with Gasteiger partial charge in [0.15, 0.2) is 0 Å². The summed E-state index contributed by atoms with van der Waals surface area (Å²) in [6.45, 7) is 3.90. The number of hydrogen-bond donors (Lipinski definition) is 1. The molecule has 0 aromatic carbocycles. The van der Waals surface area contributed by atoms with Crippen LogP contribution in [0.15, 0.2) is 0 Å². The zero-order valence-corrected chi connectivity index (χ0v) is 12.6. The topological polar surface area (TPSA) is 15.3 Å². The first kappa shape index (κ1) is 13.9. The van der Waals surface area contributed by atoms with Gasteiger partial charge in [-0.05, 0) is 51.0 Å². The van der Waals surface area contributed by atoms with Crippen molar-refractivity contribution in [2.24, 2.45) is 5.92 Å². The van der Waals surface area contributed by atoms with Gasteiger partial charge in [-0.2, -0.15) is 0 Å². The van der Waals surface area contributed by atoms with Crippen molar-refractivity contribution in [1.82, 2.24) is 10.2 Å². The van der Waals surface area contributed by atoms with Gasteiger partial charge in [0.05, 0.1) is 0 Å². The molecule has 2 saturated carbocycles. The van der Waals surface area contributed by atoms with Crippen LogP contribution in [0.3, 0.4) is 0 Å². The Morgan fingerprint density at radius 1 is 0.789 bits per heavy atom. The molecule has 2 heteroatoms. The van der Waals surface area contributed by atoms with E-state index in [0.29, 0.717) is 0 Å². The zero-order chi connectivity index (χ0) is 12.9. The molecule has 2 nitrogen and oxygen atoms in total. The van der Waals surface area contributed by atoms with Crippen LogP contribution >= 0.6 is 0 Å². The normalized spacial score (nSPS) is 34.1. The van der Waals surface area contributed by atoms with Gasteiger partial charge in [0.25, 0.3) is 0 Å². The third-order valence-corrected chi connectivity index (χ3v) is 5.80. The zero-order valence-electron chi connectivity index (χ0n) is 12.6. The highest BCUT2D eigenvalue weighted by atomic mass is 15.2. The molecule has 2 aliphatic carbocycles. The van der Waals surface area contributed by atoms with Gasteiger partial charge in [-0.3, -0.25) is 4.90 Å². The summed E-state index contributed by atoms with van der Waals surface area (Å²) < 4.78 is 0. The molecule has 19 heavy (non-hydrogen) atoms. The van der Waals surface area contributed by atoms with Crippen molar-refractivity contribution in [2.45, 2.75) is 82.7 Å². The summed E-state index contributed by atoms with van der Waals surface area (Å²) in [5.74, 6) is 1.04. The minimum atomic E-state index is 0.834. The highest BCUT2D eigenvalue weighted by Crippen LogP contribution is 2.34. The minimum absolute atomic E-state index is 0.834. The molecule has 1 aliphatic heterocycles. The SMILES string of the molecule is C1CCC(NCCN2CCC[C@H]3CCCC[C@H]32)CC1. The summed E-state index contributed by atoms with van der Waals surface area (Å²) in [5.41, 5.74) is 0. The first-order chi connectivity index (χ1) is 9.43. The van der Waals surface area contributed by atoms with Gasteiger partial charge in [0.2, 0.25) is 0 Å². The molecule has 0 amide bonds. The van der Waals surface area contributed by atoms with E-state index in [1.807, 2.05) is 0 Å². The van der Waals surface area contributed by atoms with Crippen molar-refractivity contribution < 1.29 is 0 Å². The predicted octanol–water partition coefficient (Wildman–Crippen LogP) is 3.56. The van der Waals surface area contributed by atoms with Crippen molar-refractivity contribution in [3.8, 4) is 0 Å². The van der Waals surface area contributed by atoms with Crippen LogP contribution in [0.5, 0.6) is 0 Å². The highest BCUT2D eigenvalue weighted by Gasteiger charge is 2.32. The molecule has 3 aliphatic rings. The second-order valence-corrected chi connectivity index (χ2v) is 7.08. The molecule has 1 heterocycles. The smallest absolute Gasteiger partial charge is 0.0124 e. The summed E-state index contributed by atoms with van der Waals surface area (Å²) in [5, 5.41) is 3.82. The molecule has 1 N–H and O–H groups in total. The number of likely N-dealkylation sites (tertiary alicyclic amines) is 1. The van der Waals surface area contributed by atoms with E-state index in [4.69, 9.17) is 0 Å². The van der Waals surface area contributed by atoms with Crippen molar-refractivity contribution in [2.75, 3.05) is 19.6 Å². The summed E-state index contributed by atoms with van der Waals surface area (Å²) in [4.78, 5) is 2.82. The molecule has 0 aromatic heterocycles. The van der Waals surface area contributed by atoms with Gasteiger partial charge >= 0.3 is 0 Å². The quantitative estimate of drug-likeness (QED) is 0.835. The van der Waals surface area contributed by atoms with Crippen LogP contribution in [-0.4, -0.2) is 36.6 Å². The number of nitrogens with one attached hydrogen (secondary N) is 1. The third-order valence-electron chi connectivity index (χ3n) is 5.80. The molecule has 0 aromatic rings. The molecule has 0 radical (unpaired) electrons. The van der Waals surface area contributed by atoms with Crippen LogP contribution in [0.25, 0.3) is 0 Å². The van der Waals surface area contributed by atoms with Crippen LogP contribution < -0.4 is 5.32 Å². The van der Waals surface area contributed by atoms with Crippen LogP contribution in [0.4, 0.5) is 0 Å². The third kappa shape index (κ3) is 3.72. The van der Waals surface area contributed by atoms with Gasteiger partial charge in [-0.1, -0.05) is 32.1 Å². The van der Waals surface area contributed by atoms with Crippen molar-refractivity contribution >= 4 is 0 Å². The monoisotopic (exact) mass is 264 g/mol. The molecular formula is C17H32N2. The Kier molecular flexibility index (Phi) is 5.17. The van der Waals surface area contributed by atoms with Gasteiger partial charge in [-0.15, -0.1) is 0 Å². The Labute approximate surface area is 119 Å². The van der Waals surface area contributed by atoms with E-state index >= 15 is 0 Å². The van der Waals surface area contributed by atoms with Gasteiger partial charge in [0, 0.05) is 25.2 Å². The van der Waals surface area contributed by atoms with Crippen LogP contribution in [-0.2, 0) is 0 Å². The molecule has 110 valence electrons. The fraction of sp³-hybridized carbons (Fsp3) is 1.00. The maximum absolute atomic E-state index is 3.82. The van der Waals surface area contributed by atoms with Gasteiger partial charge < -0.3 is 5.32 Å². The number of rotatable bonds is 4. The predicted molar refractivity (Wildman–Crippen MR) is 81.4 cm³/mol. The minimum Gasteiger partial charge on any atom is -0.313 e. The standard InChI is InChI=1S/C17H32N2/c1-2-9-16(10-3-1)18-12-14-19-13-6-8-15-7-4-5-11-17(15)19/h15-18H,1-14H2/t15-,17-/m1/s1. The lowest BCUT2D eigenvalue weighted by molar-refractivity contribution is 0.0609. The van der Waals surface area contributed by atoms with E-state index in [0.717, 1.165) is 18.0 Å². The molecule has 0 spiro atoms. The summed E-state index contributed by atoms with van der Waals surface area (Å²) >= 11 is 0. The summed E-state index contributed by atoms with van der Waals surface area (Å²) in [7, 11) is 0.